The standard InChI is InChI=1S/C32H37FN4O5S/c1-21-11-14-36(25-12-15-43-16-13-25)27-19-35-18-26(30(39)34-17-22-7-9-24(33)10-8-22)29(38)32(41,28(35)31(40)37(21)27)42-20-23-5-3-2-4-6-23/h2-10,18,21,25,27-28,41H,11-17,19-20H2,1H3,(H,34,39)/t21-,27-,28?,32?/m0/s1. The summed E-state index contributed by atoms with van der Waals surface area (Å²) >= 11 is 1.94. The number of amides is 2. The Kier molecular flexibility index (Phi) is 8.59. The number of rotatable bonds is 7. The van der Waals surface area contributed by atoms with Crippen LogP contribution in [0.2, 0.25) is 0 Å². The van der Waals surface area contributed by atoms with E-state index >= 15 is 0 Å². The fourth-order valence-corrected chi connectivity index (χ4v) is 7.75. The van der Waals surface area contributed by atoms with E-state index < -0.39 is 29.3 Å². The number of carbonyl (C=O) groups is 3. The maximum atomic E-state index is 14.3. The molecule has 228 valence electrons. The second-order valence-electron chi connectivity index (χ2n) is 11.7. The lowest BCUT2D eigenvalue weighted by Gasteiger charge is -2.58. The van der Waals surface area contributed by atoms with Crippen molar-refractivity contribution < 1.29 is 28.6 Å². The molecule has 2 aromatic carbocycles. The molecule has 3 saturated heterocycles. The number of fused-ring (bicyclic) bond motifs is 2. The van der Waals surface area contributed by atoms with Crippen LogP contribution in [-0.4, -0.2) is 92.1 Å². The van der Waals surface area contributed by atoms with Crippen molar-refractivity contribution in [3.05, 3.63) is 83.3 Å². The number of nitrogens with zero attached hydrogens (tertiary/aromatic N) is 3. The monoisotopic (exact) mass is 608 g/mol. The SMILES string of the molecule is C[C@H]1CCN(C2CCSCC2)[C@@H]2CN3C=C(C(=O)NCc4ccc(F)cc4)C(=O)C(O)(OCc4ccccc4)C3C(=O)N12. The number of piperazine rings is 1. The Morgan fingerprint density at radius 1 is 1.07 bits per heavy atom. The first-order chi connectivity index (χ1) is 20.8. The fourth-order valence-electron chi connectivity index (χ4n) is 6.67. The van der Waals surface area contributed by atoms with Gasteiger partial charge in [0.05, 0.1) is 13.2 Å². The number of Topliss-reactive ketones (excluding diaryl/α,β-unsaturated/α-hetero) is 1. The molecular weight excluding hydrogens is 571 g/mol. The minimum Gasteiger partial charge on any atom is -0.357 e. The average molecular weight is 609 g/mol. The third kappa shape index (κ3) is 5.83. The molecule has 2 amide bonds. The van der Waals surface area contributed by atoms with Crippen LogP contribution >= 0.6 is 11.8 Å². The predicted molar refractivity (Wildman–Crippen MR) is 160 cm³/mol. The van der Waals surface area contributed by atoms with Gasteiger partial charge in [-0.25, -0.2) is 4.39 Å². The lowest BCUT2D eigenvalue weighted by Crippen LogP contribution is -2.77. The highest BCUT2D eigenvalue weighted by atomic mass is 32.2. The van der Waals surface area contributed by atoms with Gasteiger partial charge >= 0.3 is 0 Å². The largest absolute Gasteiger partial charge is 0.357 e. The molecular formula is C32H37FN4O5S. The summed E-state index contributed by atoms with van der Waals surface area (Å²) in [4.78, 5) is 47.6. The zero-order valence-corrected chi connectivity index (χ0v) is 25.0. The van der Waals surface area contributed by atoms with Crippen molar-refractivity contribution in [3.63, 3.8) is 0 Å². The van der Waals surface area contributed by atoms with E-state index in [9.17, 15) is 23.9 Å². The van der Waals surface area contributed by atoms with E-state index in [2.05, 4.69) is 10.2 Å². The van der Waals surface area contributed by atoms with Crippen LogP contribution < -0.4 is 5.32 Å². The molecule has 4 heterocycles. The first-order valence-corrected chi connectivity index (χ1v) is 16.0. The molecule has 2 aromatic rings. The van der Waals surface area contributed by atoms with E-state index in [-0.39, 0.29) is 36.8 Å². The Labute approximate surface area is 255 Å². The van der Waals surface area contributed by atoms with E-state index in [1.807, 2.05) is 41.8 Å². The number of ketones is 1. The molecule has 43 heavy (non-hydrogen) atoms. The van der Waals surface area contributed by atoms with Crippen LogP contribution in [0.15, 0.2) is 66.4 Å². The van der Waals surface area contributed by atoms with Crippen molar-refractivity contribution in [1.29, 1.82) is 0 Å². The van der Waals surface area contributed by atoms with Gasteiger partial charge in [-0.05, 0) is 61.0 Å². The maximum Gasteiger partial charge on any atom is 0.262 e. The quantitative estimate of drug-likeness (QED) is 0.366. The van der Waals surface area contributed by atoms with Gasteiger partial charge in [0.15, 0.2) is 6.04 Å². The summed E-state index contributed by atoms with van der Waals surface area (Å²) in [7, 11) is 0. The third-order valence-corrected chi connectivity index (χ3v) is 10.0. The molecule has 0 bridgehead atoms. The minimum atomic E-state index is -2.58. The normalized spacial score (nSPS) is 28.3. The Morgan fingerprint density at radius 3 is 2.51 bits per heavy atom. The van der Waals surface area contributed by atoms with E-state index in [1.165, 1.54) is 18.3 Å². The van der Waals surface area contributed by atoms with Gasteiger partial charge in [0.1, 0.15) is 17.6 Å². The number of hydrogen-bond acceptors (Lipinski definition) is 8. The Hall–Kier alpha value is -3.25. The summed E-state index contributed by atoms with van der Waals surface area (Å²) in [6.45, 7) is 3.11. The Bertz CT molecular complexity index is 1390. The maximum absolute atomic E-state index is 14.3. The average Bonchev–Trinajstić information content (AvgIpc) is 3.02. The predicted octanol–water partition coefficient (Wildman–Crippen LogP) is 2.64. The highest BCUT2D eigenvalue weighted by molar-refractivity contribution is 7.99. The van der Waals surface area contributed by atoms with E-state index in [1.54, 1.807) is 29.2 Å². The molecule has 4 atom stereocenters. The molecule has 11 heteroatoms. The van der Waals surface area contributed by atoms with Gasteiger partial charge in [0.2, 0.25) is 5.78 Å². The van der Waals surface area contributed by atoms with Gasteiger partial charge in [-0.15, -0.1) is 0 Å². The van der Waals surface area contributed by atoms with Crippen LogP contribution in [0.5, 0.6) is 0 Å². The van der Waals surface area contributed by atoms with E-state index in [0.717, 1.165) is 37.3 Å². The first kappa shape index (κ1) is 29.8. The van der Waals surface area contributed by atoms with Crippen molar-refractivity contribution in [2.24, 2.45) is 0 Å². The first-order valence-electron chi connectivity index (χ1n) is 14.9. The lowest BCUT2D eigenvalue weighted by molar-refractivity contribution is -0.246. The smallest absolute Gasteiger partial charge is 0.262 e. The summed E-state index contributed by atoms with van der Waals surface area (Å²) in [6.07, 6.45) is 4.03. The van der Waals surface area contributed by atoms with Gasteiger partial charge in [-0.2, -0.15) is 11.8 Å². The van der Waals surface area contributed by atoms with Crippen LogP contribution in [0.4, 0.5) is 4.39 Å². The molecule has 4 aliphatic rings. The van der Waals surface area contributed by atoms with Crippen LogP contribution in [0.3, 0.4) is 0 Å². The molecule has 0 saturated carbocycles. The van der Waals surface area contributed by atoms with Gasteiger partial charge in [-0.1, -0.05) is 42.5 Å². The molecule has 4 aliphatic heterocycles. The molecule has 0 radical (unpaired) electrons. The van der Waals surface area contributed by atoms with Gasteiger partial charge in [0.25, 0.3) is 17.6 Å². The second kappa shape index (κ2) is 12.4. The number of thioether (sulfide) groups is 1. The highest BCUT2D eigenvalue weighted by Crippen LogP contribution is 2.39. The summed E-state index contributed by atoms with van der Waals surface area (Å²) in [5, 5.41) is 14.8. The van der Waals surface area contributed by atoms with E-state index in [0.29, 0.717) is 23.7 Å². The molecule has 2 N–H and O–H groups in total. The molecule has 0 aliphatic carbocycles. The van der Waals surface area contributed by atoms with Crippen molar-refractivity contribution >= 4 is 29.4 Å². The molecule has 3 fully saturated rings. The van der Waals surface area contributed by atoms with Crippen molar-refractivity contribution in [3.8, 4) is 0 Å². The molecule has 0 aromatic heterocycles. The molecule has 6 rings (SSSR count). The number of carbonyl (C=O) groups excluding carboxylic acids is 3. The van der Waals surface area contributed by atoms with Crippen molar-refractivity contribution in [1.82, 2.24) is 20.0 Å². The molecule has 0 spiro atoms. The number of halogens is 1. The third-order valence-electron chi connectivity index (χ3n) is 8.99. The second-order valence-corrected chi connectivity index (χ2v) is 12.9. The summed E-state index contributed by atoms with van der Waals surface area (Å²) < 4.78 is 19.3. The van der Waals surface area contributed by atoms with Gasteiger partial charge in [-0.3, -0.25) is 19.3 Å². The minimum absolute atomic E-state index is 0.0524. The van der Waals surface area contributed by atoms with Crippen LogP contribution in [0, 0.1) is 5.82 Å². The molecule has 2 unspecified atom stereocenters. The van der Waals surface area contributed by atoms with E-state index in [4.69, 9.17) is 4.74 Å². The number of ether oxygens (including phenoxy) is 1. The van der Waals surface area contributed by atoms with Crippen LogP contribution in [0.1, 0.15) is 37.3 Å². The van der Waals surface area contributed by atoms with Crippen LogP contribution in [0.25, 0.3) is 0 Å². The summed E-state index contributed by atoms with van der Waals surface area (Å²) in [5.74, 6) is -2.88. The van der Waals surface area contributed by atoms with Crippen molar-refractivity contribution in [2.45, 2.75) is 69.4 Å². The van der Waals surface area contributed by atoms with Gasteiger partial charge < -0.3 is 25.0 Å². The topological polar surface area (TPSA) is 102 Å². The molecule has 9 nitrogen and oxygen atoms in total. The number of aliphatic hydroxyl groups is 1. The van der Waals surface area contributed by atoms with Gasteiger partial charge in [0, 0.05) is 31.4 Å². The zero-order chi connectivity index (χ0) is 30.1. The fraction of sp³-hybridized carbons (Fsp3) is 0.469. The number of nitrogens with one attached hydrogen (secondary N) is 1. The Morgan fingerprint density at radius 2 is 1.79 bits per heavy atom. The Balaban J connectivity index is 1.32. The summed E-state index contributed by atoms with van der Waals surface area (Å²) in [5.41, 5.74) is 1.06. The highest BCUT2D eigenvalue weighted by Gasteiger charge is 2.61. The number of benzene rings is 2. The van der Waals surface area contributed by atoms with Crippen LogP contribution in [-0.2, 0) is 32.3 Å². The van der Waals surface area contributed by atoms with Crippen molar-refractivity contribution in [2.75, 3.05) is 24.6 Å². The zero-order valence-electron chi connectivity index (χ0n) is 24.2. The summed E-state index contributed by atoms with van der Waals surface area (Å²) in [6, 6.07) is 13.7. The number of hydrogen-bond donors (Lipinski definition) is 2. The lowest BCUT2D eigenvalue weighted by atomic mass is 9.86.